The summed E-state index contributed by atoms with van der Waals surface area (Å²) in [7, 11) is 2.71. The van der Waals surface area contributed by atoms with E-state index in [2.05, 4.69) is 10.1 Å². The summed E-state index contributed by atoms with van der Waals surface area (Å²) in [6.45, 7) is -0.209. The summed E-state index contributed by atoms with van der Waals surface area (Å²) in [6.07, 6.45) is -5.13. The number of rotatable bonds is 5. The second-order valence-electron chi connectivity index (χ2n) is 5.44. The summed E-state index contributed by atoms with van der Waals surface area (Å²) < 4.78 is 41.0. The summed E-state index contributed by atoms with van der Waals surface area (Å²) in [6, 6.07) is 3.94. The number of hydrogen-bond acceptors (Lipinski definition) is 4. The number of para-hydroxylation sites is 1. The number of carbonyl (C=O) groups excluding carboxylic acids is 3. The van der Waals surface area contributed by atoms with Crippen molar-refractivity contribution in [2.75, 3.05) is 14.1 Å². The van der Waals surface area contributed by atoms with Crippen molar-refractivity contribution >= 4 is 17.8 Å². The van der Waals surface area contributed by atoms with Crippen molar-refractivity contribution in [2.45, 2.75) is 25.4 Å². The molecular formula is C15H16F3N3O4. The Kier molecular flexibility index (Phi) is 5.19. The standard InChI is InChI=1S/C15H16F3N3O4/c1-20-10(13(23)21(2)14(20)24)7-12(22)19-8-9-5-3-4-6-11(9)25-15(16,17)18/h3-6,10H,7-8H2,1-2H3,(H,19,22)/t10-/m0/s1. The van der Waals surface area contributed by atoms with Gasteiger partial charge in [-0.25, -0.2) is 4.79 Å². The molecule has 1 N–H and O–H groups in total. The highest BCUT2D eigenvalue weighted by Crippen LogP contribution is 2.26. The van der Waals surface area contributed by atoms with Crippen LogP contribution in [0.5, 0.6) is 5.75 Å². The Hall–Kier alpha value is -2.78. The molecule has 1 saturated heterocycles. The fourth-order valence-corrected chi connectivity index (χ4v) is 2.39. The lowest BCUT2D eigenvalue weighted by Gasteiger charge is -2.16. The largest absolute Gasteiger partial charge is 0.573 e. The molecule has 0 bridgehead atoms. The molecule has 1 aromatic rings. The van der Waals surface area contributed by atoms with E-state index in [4.69, 9.17) is 0 Å². The van der Waals surface area contributed by atoms with Crippen molar-refractivity contribution in [1.82, 2.24) is 15.1 Å². The van der Waals surface area contributed by atoms with E-state index in [9.17, 15) is 27.6 Å². The van der Waals surface area contributed by atoms with Crippen molar-refractivity contribution < 1.29 is 32.3 Å². The summed E-state index contributed by atoms with van der Waals surface area (Å²) in [5.74, 6) is -1.50. The summed E-state index contributed by atoms with van der Waals surface area (Å²) in [5.41, 5.74) is 0.132. The van der Waals surface area contributed by atoms with Crippen LogP contribution in [0.1, 0.15) is 12.0 Å². The topological polar surface area (TPSA) is 79.0 Å². The van der Waals surface area contributed by atoms with Gasteiger partial charge in [0.05, 0.1) is 6.42 Å². The highest BCUT2D eigenvalue weighted by atomic mass is 19.4. The zero-order chi connectivity index (χ0) is 18.8. The van der Waals surface area contributed by atoms with Crippen molar-refractivity contribution in [1.29, 1.82) is 0 Å². The fourth-order valence-electron chi connectivity index (χ4n) is 2.39. The molecule has 2 rings (SSSR count). The molecule has 1 aliphatic rings. The number of benzene rings is 1. The van der Waals surface area contributed by atoms with Crippen LogP contribution in [-0.2, 0) is 16.1 Å². The number of imide groups is 1. The third-order valence-electron chi connectivity index (χ3n) is 3.72. The van der Waals surface area contributed by atoms with Gasteiger partial charge >= 0.3 is 12.4 Å². The number of alkyl halides is 3. The van der Waals surface area contributed by atoms with Gasteiger partial charge in [-0.05, 0) is 6.07 Å². The van der Waals surface area contributed by atoms with Gasteiger partial charge in [0.1, 0.15) is 11.8 Å². The lowest BCUT2D eigenvalue weighted by molar-refractivity contribution is -0.274. The molecule has 1 fully saturated rings. The maximum Gasteiger partial charge on any atom is 0.573 e. The van der Waals surface area contributed by atoms with Gasteiger partial charge in [-0.15, -0.1) is 13.2 Å². The van der Waals surface area contributed by atoms with E-state index in [1.807, 2.05) is 0 Å². The highest BCUT2D eigenvalue weighted by Gasteiger charge is 2.41. The van der Waals surface area contributed by atoms with E-state index < -0.39 is 36.0 Å². The number of halogens is 3. The van der Waals surface area contributed by atoms with Crippen LogP contribution in [0.4, 0.5) is 18.0 Å². The molecular weight excluding hydrogens is 343 g/mol. The van der Waals surface area contributed by atoms with Crippen LogP contribution >= 0.6 is 0 Å². The van der Waals surface area contributed by atoms with Crippen LogP contribution in [0.25, 0.3) is 0 Å². The quantitative estimate of drug-likeness (QED) is 0.808. The van der Waals surface area contributed by atoms with Gasteiger partial charge in [-0.2, -0.15) is 0 Å². The summed E-state index contributed by atoms with van der Waals surface area (Å²) >= 11 is 0. The van der Waals surface area contributed by atoms with Gasteiger partial charge in [0, 0.05) is 26.2 Å². The fraction of sp³-hybridized carbons (Fsp3) is 0.400. The Bertz CT molecular complexity index is 693. The molecule has 10 heteroatoms. The number of hydrogen-bond donors (Lipinski definition) is 1. The molecule has 0 radical (unpaired) electrons. The molecule has 1 aromatic carbocycles. The van der Waals surface area contributed by atoms with Gasteiger partial charge in [-0.3, -0.25) is 14.5 Å². The maximum atomic E-state index is 12.4. The van der Waals surface area contributed by atoms with E-state index in [0.717, 1.165) is 15.9 Å². The Morgan fingerprint density at radius 2 is 1.88 bits per heavy atom. The zero-order valence-electron chi connectivity index (χ0n) is 13.5. The Morgan fingerprint density at radius 3 is 2.44 bits per heavy atom. The second kappa shape index (κ2) is 6.99. The number of ether oxygens (including phenoxy) is 1. The number of nitrogens with zero attached hydrogens (tertiary/aromatic N) is 2. The van der Waals surface area contributed by atoms with Crippen molar-refractivity contribution in [3.63, 3.8) is 0 Å². The second-order valence-corrected chi connectivity index (χ2v) is 5.44. The van der Waals surface area contributed by atoms with E-state index in [-0.39, 0.29) is 18.5 Å². The third kappa shape index (κ3) is 4.40. The molecule has 1 atom stereocenters. The average molecular weight is 359 g/mol. The van der Waals surface area contributed by atoms with E-state index in [1.54, 1.807) is 0 Å². The SMILES string of the molecule is CN1C(=O)[C@H](CC(=O)NCc2ccccc2OC(F)(F)F)N(C)C1=O. The molecule has 0 aliphatic carbocycles. The number of amides is 4. The van der Waals surface area contributed by atoms with Crippen LogP contribution in [0.15, 0.2) is 24.3 Å². The number of urea groups is 1. The molecule has 25 heavy (non-hydrogen) atoms. The molecule has 0 unspecified atom stereocenters. The first-order valence-corrected chi connectivity index (χ1v) is 7.25. The molecule has 0 saturated carbocycles. The third-order valence-corrected chi connectivity index (χ3v) is 3.72. The van der Waals surface area contributed by atoms with Crippen LogP contribution in [0.3, 0.4) is 0 Å². The first kappa shape index (κ1) is 18.6. The minimum absolute atomic E-state index is 0.132. The highest BCUT2D eigenvalue weighted by molar-refractivity contribution is 6.05. The monoisotopic (exact) mass is 359 g/mol. The van der Waals surface area contributed by atoms with Gasteiger partial charge in [0.15, 0.2) is 0 Å². The van der Waals surface area contributed by atoms with Gasteiger partial charge in [0.25, 0.3) is 5.91 Å². The van der Waals surface area contributed by atoms with Crippen molar-refractivity contribution in [3.05, 3.63) is 29.8 Å². The van der Waals surface area contributed by atoms with Gasteiger partial charge < -0.3 is 15.0 Å². The van der Waals surface area contributed by atoms with E-state index in [1.165, 1.54) is 32.3 Å². The van der Waals surface area contributed by atoms with E-state index in [0.29, 0.717) is 0 Å². The molecule has 1 heterocycles. The predicted octanol–water partition coefficient (Wildman–Crippen LogP) is 1.48. The lowest BCUT2D eigenvalue weighted by Crippen LogP contribution is -2.37. The number of nitrogens with one attached hydrogen (secondary N) is 1. The van der Waals surface area contributed by atoms with Crippen LogP contribution in [0, 0.1) is 0 Å². The Morgan fingerprint density at radius 1 is 1.24 bits per heavy atom. The first-order valence-electron chi connectivity index (χ1n) is 7.25. The predicted molar refractivity (Wildman–Crippen MR) is 79.3 cm³/mol. The smallest absolute Gasteiger partial charge is 0.405 e. The minimum Gasteiger partial charge on any atom is -0.405 e. The average Bonchev–Trinajstić information content (AvgIpc) is 2.70. The minimum atomic E-state index is -4.84. The molecule has 7 nitrogen and oxygen atoms in total. The summed E-state index contributed by atoms with van der Waals surface area (Å²) in [5, 5.41) is 2.43. The zero-order valence-corrected chi connectivity index (χ0v) is 13.5. The van der Waals surface area contributed by atoms with Crippen LogP contribution in [0.2, 0.25) is 0 Å². The van der Waals surface area contributed by atoms with E-state index >= 15 is 0 Å². The molecule has 4 amide bonds. The maximum absolute atomic E-state index is 12.4. The molecule has 1 aliphatic heterocycles. The van der Waals surface area contributed by atoms with Crippen LogP contribution in [-0.4, -0.2) is 54.1 Å². The number of likely N-dealkylation sites (N-methyl/N-ethyl adjacent to an activating group) is 2. The normalized spacial score (nSPS) is 17.9. The van der Waals surface area contributed by atoms with Crippen molar-refractivity contribution in [2.24, 2.45) is 0 Å². The lowest BCUT2D eigenvalue weighted by atomic mass is 10.1. The Labute approximate surface area is 141 Å². The summed E-state index contributed by atoms with van der Waals surface area (Å²) in [4.78, 5) is 37.6. The van der Waals surface area contributed by atoms with Crippen molar-refractivity contribution in [3.8, 4) is 5.75 Å². The van der Waals surface area contributed by atoms with Gasteiger partial charge in [0.2, 0.25) is 5.91 Å². The van der Waals surface area contributed by atoms with Crippen LogP contribution < -0.4 is 10.1 Å². The number of carbonyl (C=O) groups is 3. The first-order chi connectivity index (χ1) is 11.6. The van der Waals surface area contributed by atoms with Gasteiger partial charge in [-0.1, -0.05) is 18.2 Å². The molecule has 0 spiro atoms. The molecule has 0 aromatic heterocycles. The molecule has 136 valence electrons. The Balaban J connectivity index is 1.97.